The van der Waals surface area contributed by atoms with Crippen molar-refractivity contribution in [3.63, 3.8) is 0 Å². The lowest BCUT2D eigenvalue weighted by Gasteiger charge is -2.33. The van der Waals surface area contributed by atoms with Crippen molar-refractivity contribution in [2.75, 3.05) is 30.9 Å². The number of anilines is 2. The van der Waals surface area contributed by atoms with E-state index in [1.54, 1.807) is 0 Å². The van der Waals surface area contributed by atoms with E-state index in [1.165, 1.54) is 35.0 Å². The van der Waals surface area contributed by atoms with Crippen LogP contribution >= 0.6 is 24.9 Å². The predicted molar refractivity (Wildman–Crippen MR) is 162 cm³/mol. The number of nitrogen functional groups attached to an aromatic ring is 2. The number of fused-ring (bicyclic) bond motifs is 4. The number of alkyl halides is 1. The maximum absolute atomic E-state index is 16.2. The summed E-state index contributed by atoms with van der Waals surface area (Å²) < 4.78 is 66.9. The first-order valence-corrected chi connectivity index (χ1v) is 19.3. The highest BCUT2D eigenvalue weighted by molar-refractivity contribution is 8.54. The third-order valence-electron chi connectivity index (χ3n) is 7.58. The summed E-state index contributed by atoms with van der Waals surface area (Å²) in [5.74, 6) is -1.18. The van der Waals surface area contributed by atoms with Crippen LogP contribution < -0.4 is 21.9 Å². The molecule has 4 aromatic heterocycles. The van der Waals surface area contributed by atoms with Gasteiger partial charge in [-0.3, -0.25) is 23.4 Å². The molecule has 7 unspecified atom stereocenters. The molecule has 7 heterocycles. The van der Waals surface area contributed by atoms with Crippen molar-refractivity contribution in [3.8, 4) is 0 Å². The molecule has 1 saturated heterocycles. The van der Waals surface area contributed by atoms with Crippen LogP contribution in [0.2, 0.25) is 0 Å². The topological polar surface area (TPSA) is 275 Å². The Bertz CT molecular complexity index is 2100. The SMILES string of the molecule is CSP1(=O)OCC2(C)OC(n3cnc4c(=O)[nH]c(N)nc43)C(OP([O-])(=S)OCC3=C(O1)C(F)[C@H](n1cnc4c(N)ncnc41)O3)C2O. The maximum Gasteiger partial charge on any atom is 0.439 e. The summed E-state index contributed by atoms with van der Waals surface area (Å²) in [6.45, 7) is -8.92. The minimum absolute atomic E-state index is 0.0367. The van der Waals surface area contributed by atoms with Crippen molar-refractivity contribution < 1.29 is 46.5 Å². The molecule has 20 nitrogen and oxygen atoms in total. The van der Waals surface area contributed by atoms with Crippen molar-refractivity contribution in [1.29, 1.82) is 0 Å². The van der Waals surface area contributed by atoms with Crippen molar-refractivity contribution in [2.24, 2.45) is 0 Å². The lowest BCUT2D eigenvalue weighted by Crippen LogP contribution is -2.44. The number of hydrogen-bond donors (Lipinski definition) is 4. The van der Waals surface area contributed by atoms with Crippen LogP contribution in [0.4, 0.5) is 16.2 Å². The van der Waals surface area contributed by atoms with Crippen molar-refractivity contribution in [2.45, 2.75) is 43.4 Å². The van der Waals surface area contributed by atoms with Gasteiger partial charge in [-0.25, -0.2) is 28.9 Å². The molecule has 8 atom stereocenters. The van der Waals surface area contributed by atoms with E-state index < -0.39 is 74.5 Å². The van der Waals surface area contributed by atoms with Crippen LogP contribution in [0, 0.1) is 0 Å². The van der Waals surface area contributed by atoms with Gasteiger partial charge >= 0.3 is 6.80 Å². The van der Waals surface area contributed by atoms with E-state index in [2.05, 4.69) is 29.9 Å². The Hall–Kier alpha value is -3.24. The van der Waals surface area contributed by atoms with Gasteiger partial charge in [-0.1, -0.05) is 11.8 Å². The average molecular weight is 734 g/mol. The molecule has 0 radical (unpaired) electrons. The van der Waals surface area contributed by atoms with E-state index in [1.807, 2.05) is 0 Å². The zero-order valence-electron chi connectivity index (χ0n) is 24.0. The molecule has 0 aromatic carbocycles. The summed E-state index contributed by atoms with van der Waals surface area (Å²) in [5.41, 5.74) is 9.29. The third kappa shape index (κ3) is 5.49. The fourth-order valence-electron chi connectivity index (χ4n) is 5.26. The van der Waals surface area contributed by atoms with E-state index in [9.17, 15) is 19.4 Å². The highest BCUT2D eigenvalue weighted by Crippen LogP contribution is 2.64. The van der Waals surface area contributed by atoms with Gasteiger partial charge in [-0.05, 0) is 24.6 Å². The van der Waals surface area contributed by atoms with Gasteiger partial charge in [0.25, 0.3) is 5.56 Å². The number of nitrogens with one attached hydrogen (secondary N) is 1. The smallest absolute Gasteiger partial charge is 0.439 e. The van der Waals surface area contributed by atoms with Gasteiger partial charge in [0.05, 0.1) is 12.9 Å². The molecule has 252 valence electrons. The van der Waals surface area contributed by atoms with Crippen LogP contribution in [0.5, 0.6) is 0 Å². The number of rotatable bonds is 3. The molecule has 0 spiro atoms. The molecule has 2 bridgehead atoms. The molecule has 7 rings (SSSR count). The standard InChI is InChI=1S/C22H25FN10O10P2S2/c1-22-4-39-45(37,47-2)43-12-8(40-19(9(12)23)32-6-28-10-15(24)26-5-27-16(10)32)3-38-44(36,46)42-13(14(22)34)20(41-22)33-7-29-11-17(33)30-21(25)31-18(11)35/h5-7,9,13-14,19-20,34H,3-4H2,1-2H3,(H,36,46)(H2,24,26,27)(H3,25,30,31,35)/p-1/t9?,13?,14?,19-,20?,22?,44?,45?/m1/s1. The highest BCUT2D eigenvalue weighted by atomic mass is 32.7. The molecule has 4 aromatic rings. The van der Waals surface area contributed by atoms with Crippen LogP contribution in [0.15, 0.2) is 35.3 Å². The Morgan fingerprint density at radius 3 is 2.64 bits per heavy atom. The number of aromatic amines is 1. The number of halogens is 1. The fourth-order valence-corrected chi connectivity index (χ4v) is 8.60. The van der Waals surface area contributed by atoms with Crippen LogP contribution in [0.3, 0.4) is 0 Å². The Morgan fingerprint density at radius 1 is 1.17 bits per heavy atom. The zero-order chi connectivity index (χ0) is 33.5. The predicted octanol–water partition coefficient (Wildman–Crippen LogP) is 0.355. The van der Waals surface area contributed by atoms with Gasteiger partial charge in [0, 0.05) is 0 Å². The Balaban J connectivity index is 1.26. The van der Waals surface area contributed by atoms with Crippen molar-refractivity contribution in [1.82, 2.24) is 39.0 Å². The molecule has 0 saturated carbocycles. The van der Waals surface area contributed by atoms with Gasteiger partial charge in [0.2, 0.25) is 18.3 Å². The molecular formula is C22H24FN10O10P2S2-. The van der Waals surface area contributed by atoms with E-state index >= 15 is 4.39 Å². The van der Waals surface area contributed by atoms with Gasteiger partial charge in [-0.15, -0.1) is 0 Å². The normalized spacial score (nSPS) is 34.8. The largest absolute Gasteiger partial charge is 0.780 e. The van der Waals surface area contributed by atoms with Gasteiger partial charge in [-0.2, -0.15) is 4.98 Å². The van der Waals surface area contributed by atoms with Crippen LogP contribution in [0.1, 0.15) is 19.4 Å². The van der Waals surface area contributed by atoms with Crippen molar-refractivity contribution >= 4 is 70.8 Å². The summed E-state index contributed by atoms with van der Waals surface area (Å²) in [7, 11) is 0. The number of nitrogens with zero attached hydrogens (tertiary/aromatic N) is 7. The van der Waals surface area contributed by atoms with E-state index in [4.69, 9.17) is 50.8 Å². The molecule has 6 N–H and O–H groups in total. The zero-order valence-corrected chi connectivity index (χ0v) is 27.5. The van der Waals surface area contributed by atoms with Crippen molar-refractivity contribution in [3.05, 3.63) is 40.9 Å². The number of H-pyrrole nitrogens is 1. The number of nitrogens with two attached hydrogens (primary N) is 2. The van der Waals surface area contributed by atoms with Crippen LogP contribution in [-0.2, 0) is 43.9 Å². The van der Waals surface area contributed by atoms with E-state index in [-0.39, 0.29) is 39.9 Å². The lowest BCUT2D eigenvalue weighted by molar-refractivity contribution is -0.216. The number of ether oxygens (including phenoxy) is 2. The number of aliphatic hydroxyl groups excluding tert-OH is 1. The van der Waals surface area contributed by atoms with E-state index in [0.29, 0.717) is 11.4 Å². The summed E-state index contributed by atoms with van der Waals surface area (Å²) in [5, 5.41) is 11.4. The first-order chi connectivity index (χ1) is 22.2. The lowest BCUT2D eigenvalue weighted by atomic mass is 9.99. The minimum atomic E-state index is -4.58. The first-order valence-electron chi connectivity index (χ1n) is 13.4. The molecule has 0 aliphatic carbocycles. The number of aliphatic hydroxyl groups is 1. The quantitative estimate of drug-likeness (QED) is 0.207. The number of imidazole rings is 2. The molecule has 1 fully saturated rings. The van der Waals surface area contributed by atoms with Gasteiger partial charge in [0.15, 0.2) is 40.4 Å². The fraction of sp³-hybridized carbons (Fsp3) is 0.455. The minimum Gasteiger partial charge on any atom is -0.780 e. The number of hydrogen-bond acceptors (Lipinski definition) is 19. The summed E-state index contributed by atoms with van der Waals surface area (Å²) >= 11 is 5.78. The molecule has 47 heavy (non-hydrogen) atoms. The molecule has 0 amide bonds. The Morgan fingerprint density at radius 2 is 1.89 bits per heavy atom. The molecular weight excluding hydrogens is 709 g/mol. The Kier molecular flexibility index (Phi) is 7.86. The van der Waals surface area contributed by atoms with Crippen LogP contribution in [0.25, 0.3) is 22.3 Å². The maximum atomic E-state index is 16.2. The number of aromatic nitrogens is 8. The van der Waals surface area contributed by atoms with Gasteiger partial charge < -0.3 is 44.5 Å². The average Bonchev–Trinajstić information content (AvgIpc) is 3.77. The summed E-state index contributed by atoms with van der Waals surface area (Å²) in [6.07, 6.45) is -3.35. The molecule has 25 heteroatoms. The third-order valence-corrected chi connectivity index (χ3v) is 12.3. The monoisotopic (exact) mass is 733 g/mol. The first kappa shape index (κ1) is 32.3. The summed E-state index contributed by atoms with van der Waals surface area (Å²) in [6, 6.07) is 0. The molecule has 3 aliphatic heterocycles. The highest BCUT2D eigenvalue weighted by Gasteiger charge is 2.56. The second kappa shape index (κ2) is 11.4. The van der Waals surface area contributed by atoms with Gasteiger partial charge in [0.1, 0.15) is 49.3 Å². The second-order valence-corrected chi connectivity index (χ2v) is 17.4. The molecule has 3 aliphatic rings. The second-order valence-electron chi connectivity index (χ2n) is 10.6. The van der Waals surface area contributed by atoms with Crippen LogP contribution in [-0.4, -0.2) is 87.6 Å². The Labute approximate surface area is 271 Å². The van der Waals surface area contributed by atoms with E-state index in [0.717, 1.165) is 6.33 Å². The summed E-state index contributed by atoms with van der Waals surface area (Å²) in [4.78, 5) is 48.5.